The molecule has 0 saturated heterocycles. The van der Waals surface area contributed by atoms with Gasteiger partial charge in [-0.2, -0.15) is 0 Å². The van der Waals surface area contributed by atoms with E-state index < -0.39 is 5.60 Å². The molecule has 0 rings (SSSR count). The monoisotopic (exact) mass is 263 g/mol. The molecule has 0 aromatic rings. The molecule has 0 spiro atoms. The first-order valence-electron chi connectivity index (χ1n) is 6.84. The van der Waals surface area contributed by atoms with Gasteiger partial charge in [-0.25, -0.2) is 0 Å². The average molecular weight is 263 g/mol. The third-order valence-electron chi connectivity index (χ3n) is 2.79. The van der Waals surface area contributed by atoms with E-state index in [0.29, 0.717) is 19.1 Å². The summed E-state index contributed by atoms with van der Waals surface area (Å²) in [5.41, 5.74) is -0.543. The number of aliphatic hydroxyl groups is 1. The van der Waals surface area contributed by atoms with Crippen molar-refractivity contribution in [3.05, 3.63) is 0 Å². The van der Waals surface area contributed by atoms with E-state index in [0.717, 1.165) is 25.7 Å². The Balaban J connectivity index is 0. The molecule has 0 heterocycles. The van der Waals surface area contributed by atoms with Gasteiger partial charge in [-0.3, -0.25) is 5.48 Å². The zero-order chi connectivity index (χ0) is 13.3. The predicted octanol–water partition coefficient (Wildman–Crippen LogP) is 3.18. The summed E-state index contributed by atoms with van der Waals surface area (Å²) in [6.07, 6.45) is 3.89. The van der Waals surface area contributed by atoms with Gasteiger partial charge in [0.1, 0.15) is 0 Å². The van der Waals surface area contributed by atoms with Crippen molar-refractivity contribution in [2.75, 3.05) is 13.2 Å². The molecular weight excluding hydrogens is 232 g/mol. The zero-order valence-corrected chi connectivity index (χ0v) is 12.6. The van der Waals surface area contributed by atoms with Gasteiger partial charge < -0.3 is 14.6 Å². The van der Waals surface area contributed by atoms with Gasteiger partial charge in [0, 0.05) is 19.6 Å². The van der Waals surface area contributed by atoms with Crippen LogP contribution in [0.3, 0.4) is 0 Å². The largest absolute Gasteiger partial charge is 0.390 e. The van der Waals surface area contributed by atoms with Crippen LogP contribution in [0.25, 0.3) is 0 Å². The molecule has 0 fully saturated rings. The first-order chi connectivity index (χ1) is 7.89. The van der Waals surface area contributed by atoms with Gasteiger partial charge in [0.15, 0.2) is 6.29 Å². The van der Waals surface area contributed by atoms with Gasteiger partial charge in [-0.05, 0) is 40.0 Å². The maximum absolute atomic E-state index is 9.63. The van der Waals surface area contributed by atoms with E-state index in [9.17, 15) is 5.11 Å². The molecule has 1 atom stereocenters. The number of rotatable bonds is 10. The van der Waals surface area contributed by atoms with Gasteiger partial charge in [0.25, 0.3) is 0 Å². The van der Waals surface area contributed by atoms with Crippen molar-refractivity contribution in [3.8, 4) is 0 Å². The molecule has 0 bridgehead atoms. The van der Waals surface area contributed by atoms with Crippen LogP contribution < -0.4 is 0 Å². The van der Waals surface area contributed by atoms with Crippen LogP contribution in [0.15, 0.2) is 0 Å². The van der Waals surface area contributed by atoms with Crippen LogP contribution in [0, 0.1) is 5.92 Å². The Morgan fingerprint density at radius 1 is 1.11 bits per heavy atom. The molecule has 0 saturated carbocycles. The Hall–Kier alpha value is -0.160. The van der Waals surface area contributed by atoms with Crippen molar-refractivity contribution in [3.63, 3.8) is 0 Å². The Kier molecular flexibility index (Phi) is 12.0. The molecule has 0 aliphatic carbocycles. The van der Waals surface area contributed by atoms with Crippen LogP contribution in [0.5, 0.6) is 0 Å². The second kappa shape index (κ2) is 10.7. The summed E-state index contributed by atoms with van der Waals surface area (Å²) in [4.78, 5) is 0. The minimum atomic E-state index is -0.543. The molecule has 111 valence electrons. The summed E-state index contributed by atoms with van der Waals surface area (Å²) < 4.78 is 11.1. The minimum Gasteiger partial charge on any atom is -0.390 e. The summed E-state index contributed by atoms with van der Waals surface area (Å²) in [7, 11) is 0. The van der Waals surface area contributed by atoms with Gasteiger partial charge >= 0.3 is 0 Å². The highest BCUT2D eigenvalue weighted by atomic mass is 16.7. The van der Waals surface area contributed by atoms with Crippen molar-refractivity contribution in [1.82, 2.24) is 0 Å². The average Bonchev–Trinajstić information content (AvgIpc) is 2.16. The van der Waals surface area contributed by atoms with Gasteiger partial charge in [0.2, 0.25) is 0 Å². The maximum Gasteiger partial charge on any atom is 0.157 e. The molecular formula is C14H31O4. The van der Waals surface area contributed by atoms with Crippen molar-refractivity contribution in [2.45, 2.75) is 72.2 Å². The molecule has 0 aliphatic rings. The van der Waals surface area contributed by atoms with E-state index in [1.165, 1.54) is 0 Å². The third kappa shape index (κ3) is 12.3. The van der Waals surface area contributed by atoms with Crippen LogP contribution in [-0.2, 0) is 9.47 Å². The van der Waals surface area contributed by atoms with Crippen LogP contribution in [-0.4, -0.2) is 35.7 Å². The van der Waals surface area contributed by atoms with Crippen molar-refractivity contribution in [1.29, 1.82) is 0 Å². The Labute approximate surface area is 112 Å². The highest BCUT2D eigenvalue weighted by Gasteiger charge is 2.16. The quantitative estimate of drug-likeness (QED) is 0.595. The van der Waals surface area contributed by atoms with Crippen LogP contribution in [0.1, 0.15) is 60.3 Å². The summed E-state index contributed by atoms with van der Waals surface area (Å²) in [6, 6.07) is 0. The summed E-state index contributed by atoms with van der Waals surface area (Å²) in [5, 5.41) is 9.63. The molecule has 0 aliphatic heterocycles. The highest BCUT2D eigenvalue weighted by Crippen LogP contribution is 2.20. The van der Waals surface area contributed by atoms with Crippen molar-refractivity contribution < 1.29 is 20.1 Å². The van der Waals surface area contributed by atoms with E-state index in [1.807, 2.05) is 27.7 Å². The first-order valence-corrected chi connectivity index (χ1v) is 6.84. The van der Waals surface area contributed by atoms with Gasteiger partial charge in [-0.1, -0.05) is 19.8 Å². The molecule has 4 nitrogen and oxygen atoms in total. The van der Waals surface area contributed by atoms with Crippen LogP contribution in [0.2, 0.25) is 0 Å². The summed E-state index contributed by atoms with van der Waals surface area (Å²) in [6.45, 7) is 11.3. The number of hydrogen-bond donors (Lipinski definition) is 2. The van der Waals surface area contributed by atoms with Crippen LogP contribution >= 0.6 is 0 Å². The first kappa shape index (κ1) is 20.2. The summed E-state index contributed by atoms with van der Waals surface area (Å²) >= 11 is 0. The van der Waals surface area contributed by atoms with Crippen molar-refractivity contribution in [2.24, 2.45) is 5.92 Å². The molecule has 4 heteroatoms. The lowest BCUT2D eigenvalue weighted by Gasteiger charge is -2.22. The lowest BCUT2D eigenvalue weighted by atomic mass is 9.95. The normalized spacial score (nSPS) is 13.5. The number of ether oxygens (including phenoxy) is 2. The van der Waals surface area contributed by atoms with E-state index in [-0.39, 0.29) is 11.8 Å². The van der Waals surface area contributed by atoms with Gasteiger partial charge in [0.05, 0.1) is 5.60 Å². The predicted molar refractivity (Wildman–Crippen MR) is 72.9 cm³/mol. The van der Waals surface area contributed by atoms with E-state index in [2.05, 4.69) is 6.92 Å². The Morgan fingerprint density at radius 2 is 1.61 bits per heavy atom. The maximum atomic E-state index is 9.63. The minimum absolute atomic E-state index is 0. The second-order valence-corrected chi connectivity index (χ2v) is 5.39. The zero-order valence-electron chi connectivity index (χ0n) is 12.6. The second-order valence-electron chi connectivity index (χ2n) is 5.39. The lowest BCUT2D eigenvalue weighted by Crippen LogP contribution is -2.21. The molecule has 0 aromatic heterocycles. The molecule has 1 radical (unpaired) electrons. The van der Waals surface area contributed by atoms with E-state index in [1.54, 1.807) is 0 Å². The van der Waals surface area contributed by atoms with E-state index >= 15 is 0 Å². The fraction of sp³-hybridized carbons (Fsp3) is 1.00. The molecule has 2 N–H and O–H groups in total. The Morgan fingerprint density at radius 3 is 2.00 bits per heavy atom. The number of hydrogen-bond acceptors (Lipinski definition) is 3. The highest BCUT2D eigenvalue weighted by molar-refractivity contribution is 4.66. The smallest absolute Gasteiger partial charge is 0.157 e. The van der Waals surface area contributed by atoms with Crippen molar-refractivity contribution >= 4 is 0 Å². The van der Waals surface area contributed by atoms with Crippen LogP contribution in [0.4, 0.5) is 0 Å². The molecule has 0 amide bonds. The standard InChI is InChI=1S/C14H30O3.HO/c1-6-16-13(17-7-2)11-12(3)9-8-10-14(4,5)15;/h12-13,15H,6-11H2,1-5H3;1H. The fourth-order valence-electron chi connectivity index (χ4n) is 1.89. The summed E-state index contributed by atoms with van der Waals surface area (Å²) in [5.74, 6) is 0.570. The fourth-order valence-corrected chi connectivity index (χ4v) is 1.89. The van der Waals surface area contributed by atoms with Gasteiger partial charge in [-0.15, -0.1) is 0 Å². The Bertz CT molecular complexity index is 171. The third-order valence-corrected chi connectivity index (χ3v) is 2.79. The lowest BCUT2D eigenvalue weighted by molar-refractivity contribution is -0.145. The molecule has 1 unspecified atom stereocenters. The molecule has 18 heavy (non-hydrogen) atoms. The molecule has 0 aromatic carbocycles. The topological polar surface area (TPSA) is 68.7 Å². The SMILES string of the molecule is CCOC(CC(C)CCCC(C)(C)O)OCC.[OH]. The van der Waals surface area contributed by atoms with E-state index in [4.69, 9.17) is 9.47 Å².